The topological polar surface area (TPSA) is 51.8 Å². The summed E-state index contributed by atoms with van der Waals surface area (Å²) in [6.07, 6.45) is 2.26. The van der Waals surface area contributed by atoms with E-state index in [0.717, 1.165) is 14.0 Å². The number of pyridine rings is 1. The normalized spacial score (nSPS) is 10.7. The summed E-state index contributed by atoms with van der Waals surface area (Å²) in [4.78, 5) is 5.14. The first-order valence-electron chi connectivity index (χ1n) is 5.94. The van der Waals surface area contributed by atoms with Gasteiger partial charge in [0.1, 0.15) is 5.69 Å². The second-order valence-electron chi connectivity index (χ2n) is 4.14. The Bertz CT molecular complexity index is 730. The van der Waals surface area contributed by atoms with Crippen molar-refractivity contribution >= 4 is 35.2 Å². The summed E-state index contributed by atoms with van der Waals surface area (Å²) in [5.41, 5.74) is 1.75. The first-order valence-corrected chi connectivity index (χ1v) is 7.47. The van der Waals surface area contributed by atoms with Crippen LogP contribution in [0.5, 0.6) is 0 Å². The van der Waals surface area contributed by atoms with E-state index in [1.807, 2.05) is 36.4 Å². The van der Waals surface area contributed by atoms with Crippen LogP contribution in [0.4, 0.5) is 0 Å². The highest BCUT2D eigenvalue weighted by atomic mass is 127. The summed E-state index contributed by atoms with van der Waals surface area (Å²) < 4.78 is 6.75. The zero-order valence-corrected chi connectivity index (χ0v) is 13.4. The molecule has 0 saturated heterocycles. The number of rotatable bonds is 3. The maximum Gasteiger partial charge on any atom is 0.266 e. The number of thiol groups is 1. The van der Waals surface area contributed by atoms with Gasteiger partial charge in [0.15, 0.2) is 0 Å². The molecule has 3 rings (SSSR count). The molecule has 20 heavy (non-hydrogen) atoms. The minimum absolute atomic E-state index is 0.437. The minimum Gasteiger partial charge on any atom is -0.419 e. The summed E-state index contributed by atoms with van der Waals surface area (Å²) in [6, 6.07) is 11.6. The van der Waals surface area contributed by atoms with E-state index in [1.54, 1.807) is 6.20 Å². The van der Waals surface area contributed by atoms with Crippen LogP contribution < -0.4 is 0 Å². The monoisotopic (exact) mass is 395 g/mol. The maximum atomic E-state index is 5.65. The molecule has 0 N–H and O–H groups in total. The molecule has 0 spiro atoms. The average Bonchev–Trinajstić information content (AvgIpc) is 2.93. The van der Waals surface area contributed by atoms with Gasteiger partial charge in [-0.2, -0.15) is 0 Å². The van der Waals surface area contributed by atoms with E-state index in [2.05, 4.69) is 50.4 Å². The summed E-state index contributed by atoms with van der Waals surface area (Å²) >= 11 is 6.76. The van der Waals surface area contributed by atoms with E-state index < -0.39 is 0 Å². The highest BCUT2D eigenvalue weighted by Gasteiger charge is 2.11. The van der Waals surface area contributed by atoms with E-state index in [0.29, 0.717) is 23.9 Å². The van der Waals surface area contributed by atoms with Gasteiger partial charge in [0.05, 0.1) is 6.42 Å². The molecule has 0 bridgehead atoms. The van der Waals surface area contributed by atoms with Crippen molar-refractivity contribution in [2.75, 3.05) is 0 Å². The predicted octanol–water partition coefficient (Wildman–Crippen LogP) is 3.62. The van der Waals surface area contributed by atoms with Crippen LogP contribution in [0, 0.1) is 3.57 Å². The average molecular weight is 395 g/mol. The van der Waals surface area contributed by atoms with Gasteiger partial charge in [-0.3, -0.25) is 4.98 Å². The molecular weight excluding hydrogens is 385 g/mol. The first-order chi connectivity index (χ1) is 9.74. The molecule has 0 saturated carbocycles. The Morgan fingerprint density at radius 3 is 2.80 bits per heavy atom. The number of benzene rings is 1. The Kier molecular flexibility index (Phi) is 4.02. The molecule has 3 aromatic rings. The van der Waals surface area contributed by atoms with Gasteiger partial charge in [0.25, 0.3) is 5.89 Å². The van der Waals surface area contributed by atoms with Crippen LogP contribution in [0.25, 0.3) is 11.6 Å². The zero-order valence-electron chi connectivity index (χ0n) is 10.3. The molecule has 0 aliphatic rings. The second kappa shape index (κ2) is 5.92. The Balaban J connectivity index is 1.86. The molecule has 1 aromatic carbocycles. The lowest BCUT2D eigenvalue weighted by molar-refractivity contribution is 0.515. The van der Waals surface area contributed by atoms with Crippen LogP contribution in [0.2, 0.25) is 0 Å². The third kappa shape index (κ3) is 2.85. The lowest BCUT2D eigenvalue weighted by Gasteiger charge is -2.03. The fourth-order valence-corrected chi connectivity index (χ4v) is 2.57. The fraction of sp³-hybridized carbons (Fsp3) is 0.0714. The van der Waals surface area contributed by atoms with E-state index >= 15 is 0 Å². The molecule has 100 valence electrons. The van der Waals surface area contributed by atoms with Crippen molar-refractivity contribution in [1.29, 1.82) is 0 Å². The number of halogens is 1. The van der Waals surface area contributed by atoms with Crippen molar-refractivity contribution in [3.8, 4) is 11.6 Å². The highest BCUT2D eigenvalue weighted by Crippen LogP contribution is 2.24. The molecule has 6 heteroatoms. The highest BCUT2D eigenvalue weighted by molar-refractivity contribution is 14.1. The maximum absolute atomic E-state index is 5.65. The van der Waals surface area contributed by atoms with Crippen LogP contribution >= 0.6 is 35.2 Å². The van der Waals surface area contributed by atoms with E-state index in [-0.39, 0.29) is 0 Å². The minimum atomic E-state index is 0.437. The second-order valence-corrected chi connectivity index (χ2v) is 5.75. The molecule has 2 heterocycles. The van der Waals surface area contributed by atoms with Crippen molar-refractivity contribution in [3.05, 3.63) is 57.6 Å². The van der Waals surface area contributed by atoms with Crippen LogP contribution in [0.1, 0.15) is 11.5 Å². The van der Waals surface area contributed by atoms with Gasteiger partial charge in [-0.25, -0.2) is 0 Å². The van der Waals surface area contributed by atoms with Crippen LogP contribution in [-0.2, 0) is 6.42 Å². The van der Waals surface area contributed by atoms with Gasteiger partial charge in [0.2, 0.25) is 5.89 Å². The molecule has 0 unspecified atom stereocenters. The Morgan fingerprint density at radius 2 is 2.00 bits per heavy atom. The summed E-state index contributed by atoms with van der Waals surface area (Å²) in [6.45, 7) is 0. The Morgan fingerprint density at radius 1 is 1.10 bits per heavy atom. The Labute approximate surface area is 135 Å². The quantitative estimate of drug-likeness (QED) is 0.544. The molecule has 2 aromatic heterocycles. The summed E-state index contributed by atoms with van der Waals surface area (Å²) in [7, 11) is 0. The molecule has 4 nitrogen and oxygen atoms in total. The predicted molar refractivity (Wildman–Crippen MR) is 86.7 cm³/mol. The number of hydrogen-bond donors (Lipinski definition) is 1. The smallest absolute Gasteiger partial charge is 0.266 e. The van der Waals surface area contributed by atoms with Crippen LogP contribution in [0.15, 0.2) is 51.9 Å². The zero-order chi connectivity index (χ0) is 13.9. The van der Waals surface area contributed by atoms with Crippen molar-refractivity contribution in [2.45, 2.75) is 11.3 Å². The lowest BCUT2D eigenvalue weighted by atomic mass is 10.1. The molecule has 0 aliphatic carbocycles. The van der Waals surface area contributed by atoms with Crippen molar-refractivity contribution in [2.24, 2.45) is 0 Å². The van der Waals surface area contributed by atoms with Gasteiger partial charge < -0.3 is 4.42 Å². The molecular formula is C14H10IN3OS. The molecule has 0 radical (unpaired) electrons. The number of nitrogens with zero attached hydrogens (tertiary/aromatic N) is 3. The third-order valence-electron chi connectivity index (χ3n) is 2.76. The van der Waals surface area contributed by atoms with Gasteiger partial charge in [-0.15, -0.1) is 22.8 Å². The first kappa shape index (κ1) is 13.6. The van der Waals surface area contributed by atoms with Crippen LogP contribution in [0.3, 0.4) is 0 Å². The molecule has 0 amide bonds. The number of aromatic nitrogens is 3. The number of hydrogen-bond acceptors (Lipinski definition) is 5. The van der Waals surface area contributed by atoms with Crippen molar-refractivity contribution < 1.29 is 4.42 Å². The van der Waals surface area contributed by atoms with E-state index in [9.17, 15) is 0 Å². The van der Waals surface area contributed by atoms with Gasteiger partial charge in [0, 0.05) is 14.7 Å². The fourth-order valence-electron chi connectivity index (χ4n) is 1.78. The Hall–Kier alpha value is -1.41. The van der Waals surface area contributed by atoms with E-state index in [1.165, 1.54) is 0 Å². The lowest BCUT2D eigenvalue weighted by Crippen LogP contribution is -1.92. The third-order valence-corrected chi connectivity index (χ3v) is 4.62. The van der Waals surface area contributed by atoms with Gasteiger partial charge >= 0.3 is 0 Å². The summed E-state index contributed by atoms with van der Waals surface area (Å²) in [5.74, 6) is 0.995. The van der Waals surface area contributed by atoms with Gasteiger partial charge in [-0.1, -0.05) is 18.2 Å². The molecule has 0 fully saturated rings. The van der Waals surface area contributed by atoms with Crippen molar-refractivity contribution in [1.82, 2.24) is 15.2 Å². The molecule has 0 atom stereocenters. The van der Waals surface area contributed by atoms with Crippen LogP contribution in [-0.4, -0.2) is 15.2 Å². The van der Waals surface area contributed by atoms with E-state index in [4.69, 9.17) is 4.42 Å². The van der Waals surface area contributed by atoms with Gasteiger partial charge in [-0.05, 0) is 46.4 Å². The van der Waals surface area contributed by atoms with Crippen molar-refractivity contribution in [3.63, 3.8) is 0 Å². The largest absolute Gasteiger partial charge is 0.419 e. The SMILES string of the molecule is Sc1c(I)cccc1Cc1nnc(-c2ccccn2)o1. The summed E-state index contributed by atoms with van der Waals surface area (Å²) in [5, 5.41) is 8.09. The molecule has 0 aliphatic heterocycles. The standard InChI is InChI=1S/C14H10IN3OS/c15-10-5-3-4-9(13(10)20)8-12-17-18-14(19-12)11-6-1-2-7-16-11/h1-7,20H,8H2.